The average Bonchev–Trinajstić information content (AvgIpc) is 3.23. The summed E-state index contributed by atoms with van der Waals surface area (Å²) in [7, 11) is 2.09. The zero-order valence-electron chi connectivity index (χ0n) is 16.7. The Morgan fingerprint density at radius 2 is 2.20 bits per heavy atom. The lowest BCUT2D eigenvalue weighted by atomic mass is 10.0. The lowest BCUT2D eigenvalue weighted by molar-refractivity contribution is -0.112. The van der Waals surface area contributed by atoms with Crippen molar-refractivity contribution in [2.24, 2.45) is 0 Å². The fourth-order valence-corrected chi connectivity index (χ4v) is 4.79. The first-order valence-electron chi connectivity index (χ1n) is 10.1. The number of halogens is 1. The van der Waals surface area contributed by atoms with E-state index < -0.39 is 12.1 Å². The molecule has 1 aromatic carbocycles. The number of hydrogen-bond acceptors (Lipinski definition) is 5. The molecule has 2 N–H and O–H groups in total. The molecule has 2 amide bonds. The summed E-state index contributed by atoms with van der Waals surface area (Å²) in [6, 6.07) is 5.53. The highest BCUT2D eigenvalue weighted by molar-refractivity contribution is 7.81. The van der Waals surface area contributed by atoms with Gasteiger partial charge in [0, 0.05) is 34.5 Å². The Hall–Kier alpha value is -2.06. The van der Waals surface area contributed by atoms with Gasteiger partial charge in [0.1, 0.15) is 0 Å². The summed E-state index contributed by atoms with van der Waals surface area (Å²) in [5.41, 5.74) is 1.54. The van der Waals surface area contributed by atoms with Crippen molar-refractivity contribution in [3.05, 3.63) is 52.1 Å². The maximum absolute atomic E-state index is 13.1. The van der Waals surface area contributed by atoms with Crippen LogP contribution in [0.2, 0.25) is 0 Å². The third kappa shape index (κ3) is 3.95. The minimum atomic E-state index is -1.01. The van der Waals surface area contributed by atoms with Gasteiger partial charge in [0.25, 0.3) is 11.8 Å². The second-order valence-electron chi connectivity index (χ2n) is 7.94. The van der Waals surface area contributed by atoms with Crippen LogP contribution >= 0.6 is 23.8 Å². The van der Waals surface area contributed by atoms with Crippen molar-refractivity contribution in [2.45, 2.75) is 38.0 Å². The highest BCUT2D eigenvalue weighted by atomic mass is 35.5. The molecule has 6 nitrogen and oxygen atoms in total. The molecule has 0 aromatic heterocycles. The summed E-state index contributed by atoms with van der Waals surface area (Å²) in [6.07, 6.45) is 5.78. The van der Waals surface area contributed by atoms with Crippen LogP contribution in [0.15, 0.2) is 41.0 Å². The van der Waals surface area contributed by atoms with Gasteiger partial charge in [-0.05, 0) is 45.0 Å². The Kier molecular flexibility index (Phi) is 6.06. The smallest absolute Gasteiger partial charge is 0.258 e. The van der Waals surface area contributed by atoms with Gasteiger partial charge in [-0.15, -0.1) is 0 Å². The lowest BCUT2D eigenvalue weighted by Gasteiger charge is -2.25. The van der Waals surface area contributed by atoms with E-state index >= 15 is 0 Å². The summed E-state index contributed by atoms with van der Waals surface area (Å²) in [6.45, 7) is 1.53. The number of carbonyl (C=O) groups is 2. The predicted molar refractivity (Wildman–Crippen MR) is 121 cm³/mol. The predicted octanol–water partition coefficient (Wildman–Crippen LogP) is 3.38. The zero-order chi connectivity index (χ0) is 21.4. The van der Waals surface area contributed by atoms with E-state index in [9.17, 15) is 14.7 Å². The molecule has 2 heterocycles. The number of aliphatic hydroxyl groups is 1. The van der Waals surface area contributed by atoms with E-state index in [4.69, 9.17) is 23.8 Å². The topological polar surface area (TPSA) is 72.9 Å². The van der Waals surface area contributed by atoms with E-state index in [0.717, 1.165) is 25.8 Å². The van der Waals surface area contributed by atoms with Crippen LogP contribution < -0.4 is 5.32 Å². The number of thiocarbonyl (C=S) groups is 1. The van der Waals surface area contributed by atoms with Crippen LogP contribution in [-0.4, -0.2) is 57.8 Å². The van der Waals surface area contributed by atoms with Gasteiger partial charge in [-0.1, -0.05) is 42.0 Å². The van der Waals surface area contributed by atoms with Gasteiger partial charge in [0.05, 0.1) is 16.8 Å². The number of nitrogens with one attached hydrogen (secondary N) is 1. The van der Waals surface area contributed by atoms with Gasteiger partial charge >= 0.3 is 0 Å². The Morgan fingerprint density at radius 1 is 1.40 bits per heavy atom. The molecule has 2 aliphatic heterocycles. The molecule has 158 valence electrons. The first-order chi connectivity index (χ1) is 14.4. The number of likely N-dealkylation sites (tertiary alicyclic amines) is 1. The molecule has 1 aromatic rings. The summed E-state index contributed by atoms with van der Waals surface area (Å²) in [4.78, 5) is 30.2. The van der Waals surface area contributed by atoms with Crippen molar-refractivity contribution < 1.29 is 14.7 Å². The van der Waals surface area contributed by atoms with E-state index in [0.29, 0.717) is 51.3 Å². The molecule has 1 aliphatic carbocycles. The van der Waals surface area contributed by atoms with E-state index in [1.165, 1.54) is 11.0 Å². The molecular formula is C22H24ClN3O3S. The van der Waals surface area contributed by atoms with Crippen LogP contribution in [0.3, 0.4) is 0 Å². The van der Waals surface area contributed by atoms with Crippen LogP contribution in [0.1, 0.15) is 47.8 Å². The Morgan fingerprint density at radius 3 is 2.93 bits per heavy atom. The molecule has 0 radical (unpaired) electrons. The number of carbonyl (C=O) groups excluding carboxylic acids is 2. The molecule has 2 atom stereocenters. The van der Waals surface area contributed by atoms with E-state index in [2.05, 4.69) is 17.3 Å². The fraction of sp³-hybridized carbons (Fsp3) is 0.409. The molecule has 0 spiro atoms. The third-order valence-corrected chi connectivity index (χ3v) is 6.73. The highest BCUT2D eigenvalue weighted by Crippen LogP contribution is 2.37. The molecule has 1 saturated heterocycles. The second-order valence-corrected chi connectivity index (χ2v) is 8.87. The molecule has 0 bridgehead atoms. The van der Waals surface area contributed by atoms with E-state index in [1.54, 1.807) is 24.3 Å². The van der Waals surface area contributed by atoms with Crippen molar-refractivity contribution >= 4 is 46.2 Å². The molecule has 3 aliphatic rings. The number of rotatable bonds is 5. The van der Waals surface area contributed by atoms with Crippen molar-refractivity contribution in [1.82, 2.24) is 9.80 Å². The van der Waals surface area contributed by atoms with Crippen LogP contribution in [0, 0.1) is 0 Å². The molecular weight excluding hydrogens is 422 g/mol. The molecule has 30 heavy (non-hydrogen) atoms. The molecule has 1 fully saturated rings. The minimum absolute atomic E-state index is 0.271. The highest BCUT2D eigenvalue weighted by Gasteiger charge is 2.38. The second kappa shape index (κ2) is 8.59. The summed E-state index contributed by atoms with van der Waals surface area (Å²) in [5, 5.41) is 14.0. The quantitative estimate of drug-likeness (QED) is 0.680. The SMILES string of the molecule is CN1CCCC1CCN1C(=O)c2c(NC(=O)C3=CC(Cl)=CCC3=S)cccc2C1O. The number of hydrogen-bond donors (Lipinski definition) is 2. The number of fused-ring (bicyclic) bond motifs is 1. The number of benzene rings is 1. The van der Waals surface area contributed by atoms with Gasteiger partial charge < -0.3 is 20.2 Å². The standard InChI is InChI=1S/C22H24ClN3O3S/c1-25-10-3-4-14(25)9-11-26-21(28)15-5-2-6-17(19(15)22(26)29)24-20(27)16-12-13(23)7-8-18(16)30/h2,5-7,12,14,21,28H,3-4,8-11H2,1H3,(H,24,27). The average molecular weight is 446 g/mol. The van der Waals surface area contributed by atoms with Crippen molar-refractivity contribution in [3.63, 3.8) is 0 Å². The van der Waals surface area contributed by atoms with Crippen LogP contribution in [0.5, 0.6) is 0 Å². The number of anilines is 1. The van der Waals surface area contributed by atoms with Crippen LogP contribution in [0.25, 0.3) is 0 Å². The molecule has 4 rings (SSSR count). The summed E-state index contributed by atoms with van der Waals surface area (Å²) >= 11 is 11.3. The molecule has 2 unspecified atom stereocenters. The van der Waals surface area contributed by atoms with Gasteiger partial charge in [-0.3, -0.25) is 9.59 Å². The summed E-state index contributed by atoms with van der Waals surface area (Å²) < 4.78 is 0. The molecule has 8 heteroatoms. The van der Waals surface area contributed by atoms with Crippen molar-refractivity contribution in [3.8, 4) is 0 Å². The third-order valence-electron chi connectivity index (χ3n) is 6.08. The number of nitrogens with zero attached hydrogens (tertiary/aromatic N) is 2. The van der Waals surface area contributed by atoms with Crippen LogP contribution in [0.4, 0.5) is 5.69 Å². The van der Waals surface area contributed by atoms with Gasteiger partial charge in [0.2, 0.25) is 0 Å². The van der Waals surface area contributed by atoms with Gasteiger partial charge in [0.15, 0.2) is 6.23 Å². The maximum Gasteiger partial charge on any atom is 0.258 e. The Labute approximate surface area is 186 Å². The minimum Gasteiger partial charge on any atom is -0.369 e. The Bertz CT molecular complexity index is 974. The first kappa shape index (κ1) is 21.2. The zero-order valence-corrected chi connectivity index (χ0v) is 18.3. The molecule has 0 saturated carbocycles. The van der Waals surface area contributed by atoms with Gasteiger partial charge in [-0.2, -0.15) is 0 Å². The van der Waals surface area contributed by atoms with Crippen LogP contribution in [-0.2, 0) is 4.79 Å². The number of aliphatic hydroxyl groups excluding tert-OH is 1. The number of amides is 2. The Balaban J connectivity index is 1.53. The van der Waals surface area contributed by atoms with E-state index in [1.807, 2.05) is 0 Å². The van der Waals surface area contributed by atoms with Gasteiger partial charge in [-0.25, -0.2) is 0 Å². The normalized spacial score (nSPS) is 24.0. The maximum atomic E-state index is 13.1. The van der Waals surface area contributed by atoms with E-state index in [-0.39, 0.29) is 5.91 Å². The lowest BCUT2D eigenvalue weighted by Crippen LogP contribution is -2.34. The fourth-order valence-electron chi connectivity index (χ4n) is 4.37. The summed E-state index contributed by atoms with van der Waals surface area (Å²) in [5.74, 6) is -0.680. The van der Waals surface area contributed by atoms with Crippen molar-refractivity contribution in [2.75, 3.05) is 25.5 Å². The first-order valence-corrected chi connectivity index (χ1v) is 10.9. The van der Waals surface area contributed by atoms with Crippen molar-refractivity contribution in [1.29, 1.82) is 0 Å². The number of allylic oxidation sites excluding steroid dienone is 3. The monoisotopic (exact) mass is 445 g/mol. The largest absolute Gasteiger partial charge is 0.369 e.